The van der Waals surface area contributed by atoms with Crippen LogP contribution in [0, 0.1) is 5.92 Å². The van der Waals surface area contributed by atoms with Gasteiger partial charge in [-0.05, 0) is 62.1 Å². The average Bonchev–Trinajstić information content (AvgIpc) is 2.95. The first-order valence-corrected chi connectivity index (χ1v) is 11.0. The standard InChI is InChI=1S/C21H24N2O4S/c1-14-12-16-13-17(10-11-19(16)23(14)21(24)15-6-5-7-15)28(25,26)22-18-8-3-4-9-20(18)27-2/h3-4,8-11,13-15,22H,5-7,12H2,1-2H3/t14-/m1/s1. The first-order valence-electron chi connectivity index (χ1n) is 9.52. The molecule has 2 aliphatic rings. The van der Waals surface area contributed by atoms with Crippen LogP contribution >= 0.6 is 0 Å². The van der Waals surface area contributed by atoms with E-state index in [-0.39, 0.29) is 22.8 Å². The fourth-order valence-electron chi connectivity index (χ4n) is 3.89. The Morgan fingerprint density at radius 1 is 1.18 bits per heavy atom. The summed E-state index contributed by atoms with van der Waals surface area (Å²) in [6.45, 7) is 2.01. The van der Waals surface area contributed by atoms with Gasteiger partial charge in [0.25, 0.3) is 10.0 Å². The summed E-state index contributed by atoms with van der Waals surface area (Å²) in [5, 5.41) is 0. The van der Waals surface area contributed by atoms with E-state index in [1.54, 1.807) is 42.5 Å². The van der Waals surface area contributed by atoms with E-state index in [0.29, 0.717) is 17.9 Å². The molecule has 0 unspecified atom stereocenters. The Morgan fingerprint density at radius 2 is 1.93 bits per heavy atom. The number of benzene rings is 2. The Kier molecular flexibility index (Phi) is 4.79. The van der Waals surface area contributed by atoms with Gasteiger partial charge in [-0.25, -0.2) is 8.42 Å². The zero-order chi connectivity index (χ0) is 19.9. The van der Waals surface area contributed by atoms with Crippen molar-refractivity contribution in [2.24, 2.45) is 5.92 Å². The highest BCUT2D eigenvalue weighted by molar-refractivity contribution is 7.92. The van der Waals surface area contributed by atoms with E-state index in [1.807, 2.05) is 11.8 Å². The molecule has 148 valence electrons. The Bertz CT molecular complexity index is 1010. The molecular formula is C21H24N2O4S. The molecule has 28 heavy (non-hydrogen) atoms. The first kappa shape index (κ1) is 18.8. The molecule has 0 aromatic heterocycles. The van der Waals surface area contributed by atoms with Crippen LogP contribution in [0.2, 0.25) is 0 Å². The highest BCUT2D eigenvalue weighted by Crippen LogP contribution is 2.38. The number of anilines is 2. The van der Waals surface area contributed by atoms with E-state index in [0.717, 1.165) is 30.5 Å². The molecule has 0 saturated heterocycles. The Balaban J connectivity index is 1.62. The van der Waals surface area contributed by atoms with E-state index < -0.39 is 10.0 Å². The molecule has 1 saturated carbocycles. The summed E-state index contributed by atoms with van der Waals surface area (Å²) in [6, 6.07) is 11.9. The van der Waals surface area contributed by atoms with Crippen LogP contribution in [0.3, 0.4) is 0 Å². The number of nitrogens with one attached hydrogen (secondary N) is 1. The number of fused-ring (bicyclic) bond motifs is 1. The quantitative estimate of drug-likeness (QED) is 0.832. The minimum absolute atomic E-state index is 0.0447. The fourth-order valence-corrected chi connectivity index (χ4v) is 5.02. The number of carbonyl (C=O) groups excluding carboxylic acids is 1. The van der Waals surface area contributed by atoms with Crippen LogP contribution in [0.5, 0.6) is 5.75 Å². The molecule has 7 heteroatoms. The molecule has 6 nitrogen and oxygen atoms in total. The van der Waals surface area contributed by atoms with Gasteiger partial charge in [0.05, 0.1) is 17.7 Å². The van der Waals surface area contributed by atoms with E-state index in [2.05, 4.69) is 4.72 Å². The van der Waals surface area contributed by atoms with Gasteiger partial charge in [0.15, 0.2) is 0 Å². The second kappa shape index (κ2) is 7.13. The maximum atomic E-state index is 12.9. The van der Waals surface area contributed by atoms with Crippen molar-refractivity contribution in [3.8, 4) is 5.75 Å². The van der Waals surface area contributed by atoms with E-state index >= 15 is 0 Å². The molecule has 0 bridgehead atoms. The smallest absolute Gasteiger partial charge is 0.262 e. The Hall–Kier alpha value is -2.54. The van der Waals surface area contributed by atoms with Gasteiger partial charge in [-0.15, -0.1) is 0 Å². The molecule has 2 aromatic rings. The maximum absolute atomic E-state index is 12.9. The lowest BCUT2D eigenvalue weighted by Crippen LogP contribution is -2.42. The van der Waals surface area contributed by atoms with Crippen molar-refractivity contribution < 1.29 is 17.9 Å². The summed E-state index contributed by atoms with van der Waals surface area (Å²) < 4.78 is 33.6. The summed E-state index contributed by atoms with van der Waals surface area (Å²) in [7, 11) is -2.27. The zero-order valence-corrected chi connectivity index (χ0v) is 16.8. The van der Waals surface area contributed by atoms with Crippen LogP contribution in [-0.2, 0) is 21.2 Å². The predicted octanol–water partition coefficient (Wildman–Crippen LogP) is 3.57. The molecule has 2 aromatic carbocycles. The molecule has 1 N–H and O–H groups in total. The highest BCUT2D eigenvalue weighted by atomic mass is 32.2. The van der Waals surface area contributed by atoms with Crippen LogP contribution in [0.1, 0.15) is 31.7 Å². The molecule has 1 heterocycles. The van der Waals surface area contributed by atoms with Gasteiger partial charge in [0, 0.05) is 17.6 Å². The van der Waals surface area contributed by atoms with E-state index in [1.165, 1.54) is 7.11 Å². The number of hydrogen-bond donors (Lipinski definition) is 1. The summed E-state index contributed by atoms with van der Waals surface area (Å²) in [6.07, 6.45) is 3.67. The lowest BCUT2D eigenvalue weighted by atomic mass is 9.84. The molecule has 1 atom stereocenters. The number of para-hydroxylation sites is 2. The average molecular weight is 401 g/mol. The fraction of sp³-hybridized carbons (Fsp3) is 0.381. The second-order valence-corrected chi connectivity index (χ2v) is 9.17. The van der Waals surface area contributed by atoms with Crippen LogP contribution in [0.25, 0.3) is 0 Å². The lowest BCUT2D eigenvalue weighted by Gasteiger charge is -2.32. The largest absolute Gasteiger partial charge is 0.495 e. The number of methoxy groups -OCH3 is 1. The monoisotopic (exact) mass is 400 g/mol. The van der Waals surface area contributed by atoms with Crippen molar-refractivity contribution in [2.75, 3.05) is 16.7 Å². The van der Waals surface area contributed by atoms with Gasteiger partial charge >= 0.3 is 0 Å². The Labute approximate surface area is 165 Å². The van der Waals surface area contributed by atoms with Crippen molar-refractivity contribution in [1.29, 1.82) is 0 Å². The topological polar surface area (TPSA) is 75.7 Å². The van der Waals surface area contributed by atoms with Gasteiger partial charge in [-0.2, -0.15) is 0 Å². The van der Waals surface area contributed by atoms with Crippen LogP contribution in [0.15, 0.2) is 47.4 Å². The zero-order valence-electron chi connectivity index (χ0n) is 16.0. The number of ether oxygens (including phenoxy) is 1. The minimum Gasteiger partial charge on any atom is -0.495 e. The third kappa shape index (κ3) is 3.24. The van der Waals surface area contributed by atoms with Gasteiger partial charge in [0.2, 0.25) is 5.91 Å². The van der Waals surface area contributed by atoms with Crippen LogP contribution in [-0.4, -0.2) is 27.5 Å². The first-order chi connectivity index (χ1) is 13.4. The van der Waals surface area contributed by atoms with Gasteiger partial charge in [0.1, 0.15) is 5.75 Å². The SMILES string of the molecule is COc1ccccc1NS(=O)(=O)c1ccc2c(c1)C[C@@H](C)N2C(=O)C1CCC1. The molecule has 0 radical (unpaired) electrons. The van der Waals surface area contributed by atoms with E-state index in [9.17, 15) is 13.2 Å². The van der Waals surface area contributed by atoms with Crippen molar-refractivity contribution in [3.05, 3.63) is 48.0 Å². The third-order valence-electron chi connectivity index (χ3n) is 5.62. The third-order valence-corrected chi connectivity index (χ3v) is 6.98. The minimum atomic E-state index is -3.77. The van der Waals surface area contributed by atoms with Gasteiger partial charge in [-0.1, -0.05) is 18.6 Å². The molecular weight excluding hydrogens is 376 g/mol. The summed E-state index contributed by atoms with van der Waals surface area (Å²) in [5.74, 6) is 0.738. The lowest BCUT2D eigenvalue weighted by molar-refractivity contribution is -0.125. The van der Waals surface area contributed by atoms with Crippen molar-refractivity contribution in [1.82, 2.24) is 0 Å². The summed E-state index contributed by atoms with van der Waals surface area (Å²) in [4.78, 5) is 14.8. The summed E-state index contributed by atoms with van der Waals surface area (Å²) >= 11 is 0. The Morgan fingerprint density at radius 3 is 2.61 bits per heavy atom. The normalized spacial score (nSPS) is 19.1. The number of rotatable bonds is 5. The predicted molar refractivity (Wildman–Crippen MR) is 108 cm³/mol. The van der Waals surface area contributed by atoms with Gasteiger partial charge < -0.3 is 9.64 Å². The van der Waals surface area contributed by atoms with E-state index in [4.69, 9.17) is 4.74 Å². The number of carbonyl (C=O) groups is 1. The van der Waals surface area contributed by atoms with Crippen molar-refractivity contribution in [2.45, 2.75) is 43.5 Å². The molecule has 1 fully saturated rings. The molecule has 1 aliphatic heterocycles. The molecule has 1 aliphatic carbocycles. The molecule has 0 spiro atoms. The number of nitrogens with zero attached hydrogens (tertiary/aromatic N) is 1. The maximum Gasteiger partial charge on any atom is 0.262 e. The summed E-state index contributed by atoms with van der Waals surface area (Å²) in [5.41, 5.74) is 2.12. The molecule has 4 rings (SSSR count). The number of hydrogen-bond acceptors (Lipinski definition) is 4. The van der Waals surface area contributed by atoms with Crippen molar-refractivity contribution in [3.63, 3.8) is 0 Å². The van der Waals surface area contributed by atoms with Crippen LogP contribution in [0.4, 0.5) is 11.4 Å². The highest BCUT2D eigenvalue weighted by Gasteiger charge is 2.37. The van der Waals surface area contributed by atoms with Crippen molar-refractivity contribution >= 4 is 27.3 Å². The number of amides is 1. The van der Waals surface area contributed by atoms with Gasteiger partial charge in [-0.3, -0.25) is 9.52 Å². The molecule has 1 amide bonds. The second-order valence-electron chi connectivity index (χ2n) is 7.49. The number of sulfonamides is 1. The van der Waals surface area contributed by atoms with Crippen LogP contribution < -0.4 is 14.4 Å².